The molecule has 0 unspecified atom stereocenters. The largest absolute Gasteiger partial charge is 0.461 e. The van der Waals surface area contributed by atoms with Gasteiger partial charge in [0.25, 0.3) is 0 Å². The van der Waals surface area contributed by atoms with Crippen LogP contribution in [0.25, 0.3) is 0 Å². The second-order valence-electron chi connectivity index (χ2n) is 16.0. The summed E-state index contributed by atoms with van der Waals surface area (Å²) >= 11 is 0. The minimum atomic E-state index is -0.468. The third-order valence-corrected chi connectivity index (χ3v) is 10.3. The first kappa shape index (κ1) is 36.9. The highest BCUT2D eigenvalue weighted by molar-refractivity contribution is 5.86. The number of nitriles is 1. The number of carbonyl (C=O) groups is 1. The van der Waals surface area contributed by atoms with E-state index in [1.54, 1.807) is 6.92 Å². The van der Waals surface area contributed by atoms with E-state index in [0.29, 0.717) is 23.7 Å². The molecular weight excluding hydrogens is 631 g/mol. The summed E-state index contributed by atoms with van der Waals surface area (Å²) in [6.07, 6.45) is 10.7. The fraction of sp³-hybridized carbons (Fsp3) is 0.409. The second-order valence-corrected chi connectivity index (χ2v) is 16.0. The highest BCUT2D eigenvalue weighted by Crippen LogP contribution is 2.47. The van der Waals surface area contributed by atoms with E-state index >= 15 is 0 Å². The number of nitrogens with zero attached hydrogens (tertiary/aromatic N) is 5. The molecule has 260 valence electrons. The first-order valence-electron chi connectivity index (χ1n) is 17.6. The Morgan fingerprint density at radius 1 is 0.608 bits per heavy atom. The Morgan fingerprint density at radius 3 is 1.41 bits per heavy atom. The molecule has 7 nitrogen and oxygen atoms in total. The van der Waals surface area contributed by atoms with Crippen LogP contribution in [0.1, 0.15) is 149 Å². The molecule has 2 heterocycles. The fourth-order valence-electron chi connectivity index (χ4n) is 6.76. The Balaban J connectivity index is 0.000000199. The summed E-state index contributed by atoms with van der Waals surface area (Å²) in [5, 5.41) is 8.75. The van der Waals surface area contributed by atoms with E-state index in [-0.39, 0.29) is 27.4 Å². The lowest BCUT2D eigenvalue weighted by Crippen LogP contribution is -2.33. The van der Waals surface area contributed by atoms with Crippen LogP contribution in [0.3, 0.4) is 0 Å². The summed E-state index contributed by atoms with van der Waals surface area (Å²) < 4.78 is 4.91. The summed E-state index contributed by atoms with van der Waals surface area (Å²) in [7, 11) is 0. The van der Waals surface area contributed by atoms with Gasteiger partial charge in [0.15, 0.2) is 11.4 Å². The maximum atomic E-state index is 11.6. The van der Waals surface area contributed by atoms with Crippen LogP contribution >= 0.6 is 0 Å². The number of hydrogen-bond donors (Lipinski definition) is 0. The van der Waals surface area contributed by atoms with Crippen LogP contribution in [-0.4, -0.2) is 32.5 Å². The molecule has 2 aromatic heterocycles. The molecule has 0 atom stereocenters. The zero-order chi connectivity index (χ0) is 37.0. The molecule has 4 aromatic rings. The van der Waals surface area contributed by atoms with Gasteiger partial charge in [-0.2, -0.15) is 5.26 Å². The number of rotatable bonds is 2. The smallest absolute Gasteiger partial charge is 0.358 e. The molecule has 0 spiro atoms. The predicted molar refractivity (Wildman–Crippen MR) is 200 cm³/mol. The van der Waals surface area contributed by atoms with Crippen LogP contribution in [0.15, 0.2) is 61.2 Å². The minimum Gasteiger partial charge on any atom is -0.461 e. The molecule has 0 bridgehead atoms. The van der Waals surface area contributed by atoms with Crippen molar-refractivity contribution in [2.24, 2.45) is 0 Å². The molecule has 0 fully saturated rings. The van der Waals surface area contributed by atoms with Gasteiger partial charge in [-0.1, -0.05) is 79.4 Å². The number of ether oxygens (including phenoxy) is 1. The van der Waals surface area contributed by atoms with E-state index in [9.17, 15) is 4.79 Å². The average molecular weight is 678 g/mol. The van der Waals surface area contributed by atoms with Crippen molar-refractivity contribution in [3.05, 3.63) is 117 Å². The summed E-state index contributed by atoms with van der Waals surface area (Å²) in [6.45, 7) is 20.6. The zero-order valence-corrected chi connectivity index (χ0v) is 31.4. The molecule has 0 saturated heterocycles. The quantitative estimate of drug-likeness (QED) is 0.155. The van der Waals surface area contributed by atoms with Gasteiger partial charge in [-0.15, -0.1) is 0 Å². The van der Waals surface area contributed by atoms with Crippen molar-refractivity contribution < 1.29 is 9.53 Å². The lowest BCUT2D eigenvalue weighted by Gasteiger charge is -2.41. The van der Waals surface area contributed by atoms with Crippen LogP contribution in [0.2, 0.25) is 0 Å². The van der Waals surface area contributed by atoms with Gasteiger partial charge in [0.05, 0.1) is 31.4 Å². The van der Waals surface area contributed by atoms with Crippen molar-refractivity contribution in [2.45, 2.75) is 110 Å². The normalized spacial score (nSPS) is 16.9. The van der Waals surface area contributed by atoms with Gasteiger partial charge in [-0.05, 0) is 113 Å². The molecule has 6 rings (SSSR count). The molecule has 2 aliphatic carbocycles. The third-order valence-electron chi connectivity index (χ3n) is 10.3. The first-order valence-corrected chi connectivity index (χ1v) is 17.6. The molecule has 7 heteroatoms. The van der Waals surface area contributed by atoms with E-state index < -0.39 is 5.97 Å². The molecule has 0 aliphatic heterocycles. The van der Waals surface area contributed by atoms with Gasteiger partial charge in [-0.3, -0.25) is 0 Å². The first-order chi connectivity index (χ1) is 24.0. The van der Waals surface area contributed by atoms with Crippen molar-refractivity contribution in [3.63, 3.8) is 0 Å². The highest BCUT2D eigenvalue weighted by Gasteiger charge is 2.38. The Bertz CT molecular complexity index is 2100. The van der Waals surface area contributed by atoms with Crippen LogP contribution in [0.4, 0.5) is 0 Å². The van der Waals surface area contributed by atoms with Crippen molar-refractivity contribution in [1.29, 1.82) is 5.26 Å². The topological polar surface area (TPSA) is 102 Å². The lowest BCUT2D eigenvalue weighted by atomic mass is 9.63. The zero-order valence-electron chi connectivity index (χ0n) is 31.4. The van der Waals surface area contributed by atoms with Gasteiger partial charge >= 0.3 is 5.97 Å². The summed E-state index contributed by atoms with van der Waals surface area (Å²) in [5.74, 6) is 12.0. The molecule has 0 N–H and O–H groups in total. The summed E-state index contributed by atoms with van der Waals surface area (Å²) in [6, 6.07) is 15.0. The summed E-state index contributed by atoms with van der Waals surface area (Å²) in [5.41, 5.74) is 9.95. The Hall–Kier alpha value is -5.32. The van der Waals surface area contributed by atoms with Gasteiger partial charge in [0, 0.05) is 11.1 Å². The van der Waals surface area contributed by atoms with Crippen LogP contribution in [0, 0.1) is 35.0 Å². The van der Waals surface area contributed by atoms with E-state index in [2.05, 4.69) is 135 Å². The van der Waals surface area contributed by atoms with E-state index in [0.717, 1.165) is 11.1 Å². The molecule has 0 radical (unpaired) electrons. The number of esters is 1. The second kappa shape index (κ2) is 14.5. The van der Waals surface area contributed by atoms with Crippen LogP contribution < -0.4 is 0 Å². The van der Waals surface area contributed by atoms with Crippen molar-refractivity contribution in [2.75, 3.05) is 6.61 Å². The fourth-order valence-corrected chi connectivity index (χ4v) is 6.76. The van der Waals surface area contributed by atoms with Gasteiger partial charge < -0.3 is 4.74 Å². The Labute approximate surface area is 303 Å². The number of aromatic nitrogens is 4. The molecule has 0 amide bonds. The molecule has 2 aromatic carbocycles. The summed E-state index contributed by atoms with van der Waals surface area (Å²) in [4.78, 5) is 28.0. The molecule has 51 heavy (non-hydrogen) atoms. The monoisotopic (exact) mass is 677 g/mol. The maximum Gasteiger partial charge on any atom is 0.358 e. The van der Waals surface area contributed by atoms with E-state index in [1.807, 2.05) is 6.07 Å². The van der Waals surface area contributed by atoms with Gasteiger partial charge in [0.1, 0.15) is 17.5 Å². The molecule has 2 aliphatic rings. The number of benzene rings is 2. The Kier molecular flexibility index (Phi) is 10.5. The molecular formula is C44H47N5O2. The predicted octanol–water partition coefficient (Wildman–Crippen LogP) is 8.50. The maximum absolute atomic E-state index is 11.6. The highest BCUT2D eigenvalue weighted by atomic mass is 16.5. The molecule has 0 saturated carbocycles. The van der Waals surface area contributed by atoms with Crippen molar-refractivity contribution in [1.82, 2.24) is 19.9 Å². The third kappa shape index (κ3) is 8.53. The SMILES string of the molecule is CC1(C)CCC(C)(C)c2cc(C#Cc3cnc(C#N)cn3)ccc21.CCOC(=O)c1cnc(C#Cc2ccc3c(c2)C(C)(C)CCC3(C)C)cn1. The Morgan fingerprint density at radius 2 is 1.02 bits per heavy atom. The van der Waals surface area contributed by atoms with Gasteiger partial charge in [-0.25, -0.2) is 24.7 Å². The number of hydrogen-bond acceptors (Lipinski definition) is 7. The van der Waals surface area contributed by atoms with Crippen LogP contribution in [0.5, 0.6) is 0 Å². The number of carbonyl (C=O) groups excluding carboxylic acids is 1. The minimum absolute atomic E-state index is 0.156. The number of fused-ring (bicyclic) bond motifs is 2. The van der Waals surface area contributed by atoms with Crippen LogP contribution in [-0.2, 0) is 26.4 Å². The van der Waals surface area contributed by atoms with Crippen molar-refractivity contribution in [3.8, 4) is 29.8 Å². The average Bonchev–Trinajstić information content (AvgIpc) is 3.11. The lowest BCUT2D eigenvalue weighted by molar-refractivity contribution is 0.0519. The van der Waals surface area contributed by atoms with E-state index in [1.165, 1.54) is 72.7 Å². The van der Waals surface area contributed by atoms with E-state index in [4.69, 9.17) is 10.00 Å². The van der Waals surface area contributed by atoms with Gasteiger partial charge in [0.2, 0.25) is 0 Å². The van der Waals surface area contributed by atoms with Crippen molar-refractivity contribution >= 4 is 5.97 Å². The standard InChI is InChI=1S/C23H26N2O2.C21H21N3/c1-6-27-21(26)20-15-24-17(14-25-20)9-7-16-8-10-18-19(13-16)23(4,5)12-11-22(18,2)3;1-20(2)9-10-21(3,4)19-11-15(6-8-18(19)20)5-7-16-13-24-17(12-22)14-23-16/h8,10,13-15H,6,11-12H2,1-5H3;6,8,11,13-14H,9-10H2,1-4H3.